The molecule has 2 heterocycles. The SMILES string of the molecule is CC1=C(NCc2cnc(Cl)nc2N[C@H]2CCCNC2)C(F)CC=C1. The summed E-state index contributed by atoms with van der Waals surface area (Å²) in [6, 6.07) is 0.316. The predicted octanol–water partition coefficient (Wildman–Crippen LogP) is 2.96. The molecule has 0 aromatic carbocycles. The molecular weight excluding hydrogens is 329 g/mol. The normalized spacial score (nSPS) is 24.1. The van der Waals surface area contributed by atoms with Crippen LogP contribution >= 0.6 is 11.6 Å². The van der Waals surface area contributed by atoms with Gasteiger partial charge in [-0.05, 0) is 43.5 Å². The molecule has 1 saturated heterocycles. The molecule has 7 heteroatoms. The Balaban J connectivity index is 1.71. The minimum absolute atomic E-state index is 0.212. The van der Waals surface area contributed by atoms with Crippen molar-refractivity contribution in [1.82, 2.24) is 20.6 Å². The summed E-state index contributed by atoms with van der Waals surface area (Å²) < 4.78 is 14.1. The number of nitrogens with one attached hydrogen (secondary N) is 3. The van der Waals surface area contributed by atoms with E-state index in [1.54, 1.807) is 6.20 Å². The Morgan fingerprint density at radius 1 is 1.46 bits per heavy atom. The third-order valence-corrected chi connectivity index (χ3v) is 4.57. The zero-order valence-corrected chi connectivity index (χ0v) is 14.5. The van der Waals surface area contributed by atoms with Gasteiger partial charge in [0.15, 0.2) is 0 Å². The lowest BCUT2D eigenvalue weighted by Gasteiger charge is -2.26. The molecule has 1 aliphatic heterocycles. The third kappa shape index (κ3) is 4.24. The van der Waals surface area contributed by atoms with E-state index >= 15 is 0 Å². The van der Waals surface area contributed by atoms with E-state index in [2.05, 4.69) is 25.9 Å². The standard InChI is InChI=1S/C17H23ClFN5/c1-11-4-2-6-14(19)15(11)21-8-12-9-22-17(18)24-16(12)23-13-5-3-7-20-10-13/h2,4,9,13-14,20-21H,3,5-8,10H2,1H3,(H,22,23,24)/t13-,14?/m0/s1. The van der Waals surface area contributed by atoms with Crippen LogP contribution in [-0.4, -0.2) is 35.3 Å². The molecule has 2 atom stereocenters. The number of alkyl halides is 1. The van der Waals surface area contributed by atoms with E-state index in [0.29, 0.717) is 24.7 Å². The summed E-state index contributed by atoms with van der Waals surface area (Å²) >= 11 is 5.95. The molecule has 1 aromatic rings. The van der Waals surface area contributed by atoms with Crippen LogP contribution in [0.5, 0.6) is 0 Å². The first-order chi connectivity index (χ1) is 11.6. The molecular formula is C17H23ClFN5. The van der Waals surface area contributed by atoms with Crippen molar-refractivity contribution in [3.05, 3.63) is 40.5 Å². The third-order valence-electron chi connectivity index (χ3n) is 4.39. The molecule has 130 valence electrons. The molecule has 1 aromatic heterocycles. The molecule has 0 saturated carbocycles. The van der Waals surface area contributed by atoms with Gasteiger partial charge in [0.1, 0.15) is 12.0 Å². The fraction of sp³-hybridized carbons (Fsp3) is 0.529. The molecule has 1 fully saturated rings. The highest BCUT2D eigenvalue weighted by molar-refractivity contribution is 6.28. The lowest BCUT2D eigenvalue weighted by atomic mass is 10.0. The topological polar surface area (TPSA) is 61.9 Å². The van der Waals surface area contributed by atoms with Crippen molar-refractivity contribution >= 4 is 17.4 Å². The van der Waals surface area contributed by atoms with Gasteiger partial charge in [-0.3, -0.25) is 0 Å². The maximum Gasteiger partial charge on any atom is 0.224 e. The number of allylic oxidation sites excluding steroid dienone is 4. The predicted molar refractivity (Wildman–Crippen MR) is 94.7 cm³/mol. The van der Waals surface area contributed by atoms with Crippen molar-refractivity contribution in [2.45, 2.75) is 44.9 Å². The second kappa shape index (κ2) is 7.94. The number of hydrogen-bond acceptors (Lipinski definition) is 5. The van der Waals surface area contributed by atoms with Gasteiger partial charge in [0.2, 0.25) is 5.28 Å². The summed E-state index contributed by atoms with van der Waals surface area (Å²) in [5, 5.41) is 10.2. The highest BCUT2D eigenvalue weighted by atomic mass is 35.5. The largest absolute Gasteiger partial charge is 0.381 e. The molecule has 1 unspecified atom stereocenters. The highest BCUT2D eigenvalue weighted by Crippen LogP contribution is 2.22. The van der Waals surface area contributed by atoms with Gasteiger partial charge < -0.3 is 16.0 Å². The van der Waals surface area contributed by atoms with Gasteiger partial charge in [0.05, 0.1) is 0 Å². The fourth-order valence-corrected chi connectivity index (χ4v) is 3.20. The van der Waals surface area contributed by atoms with Crippen LogP contribution in [0.3, 0.4) is 0 Å². The first-order valence-corrected chi connectivity index (χ1v) is 8.75. The van der Waals surface area contributed by atoms with Crippen LogP contribution in [0.15, 0.2) is 29.6 Å². The zero-order chi connectivity index (χ0) is 16.9. The highest BCUT2D eigenvalue weighted by Gasteiger charge is 2.19. The average Bonchev–Trinajstić information content (AvgIpc) is 2.57. The maximum absolute atomic E-state index is 14.1. The van der Waals surface area contributed by atoms with Crippen molar-refractivity contribution in [3.8, 4) is 0 Å². The fourth-order valence-electron chi connectivity index (χ4n) is 3.07. The minimum Gasteiger partial charge on any atom is -0.381 e. The number of nitrogens with zero attached hydrogens (tertiary/aromatic N) is 2. The van der Waals surface area contributed by atoms with E-state index in [1.807, 2.05) is 19.1 Å². The lowest BCUT2D eigenvalue weighted by Crippen LogP contribution is -2.39. The van der Waals surface area contributed by atoms with Gasteiger partial charge in [0.25, 0.3) is 0 Å². The molecule has 3 rings (SSSR count). The van der Waals surface area contributed by atoms with Crippen molar-refractivity contribution in [2.75, 3.05) is 18.4 Å². The van der Waals surface area contributed by atoms with E-state index in [9.17, 15) is 4.39 Å². The van der Waals surface area contributed by atoms with Crippen LogP contribution in [0.2, 0.25) is 5.28 Å². The first kappa shape index (κ1) is 17.2. The Morgan fingerprint density at radius 2 is 2.33 bits per heavy atom. The van der Waals surface area contributed by atoms with Gasteiger partial charge in [-0.2, -0.15) is 0 Å². The summed E-state index contributed by atoms with van der Waals surface area (Å²) in [5.74, 6) is 0.719. The van der Waals surface area contributed by atoms with Crippen LogP contribution in [-0.2, 0) is 6.54 Å². The van der Waals surface area contributed by atoms with E-state index in [4.69, 9.17) is 11.6 Å². The monoisotopic (exact) mass is 351 g/mol. The molecule has 2 aliphatic rings. The summed E-state index contributed by atoms with van der Waals surface area (Å²) in [6.45, 7) is 4.32. The second-order valence-corrected chi connectivity index (χ2v) is 6.59. The van der Waals surface area contributed by atoms with Crippen molar-refractivity contribution < 1.29 is 4.39 Å². The Hall–Kier alpha value is -1.66. The molecule has 0 radical (unpaired) electrons. The average molecular weight is 352 g/mol. The quantitative estimate of drug-likeness (QED) is 0.712. The van der Waals surface area contributed by atoms with Crippen molar-refractivity contribution in [3.63, 3.8) is 0 Å². The molecule has 5 nitrogen and oxygen atoms in total. The van der Waals surface area contributed by atoms with Crippen LogP contribution in [0, 0.1) is 0 Å². The minimum atomic E-state index is -0.984. The molecule has 1 aliphatic carbocycles. The Kier molecular flexibility index (Phi) is 5.68. The smallest absolute Gasteiger partial charge is 0.224 e. The second-order valence-electron chi connectivity index (χ2n) is 6.26. The molecule has 24 heavy (non-hydrogen) atoms. The number of aromatic nitrogens is 2. The number of anilines is 1. The van der Waals surface area contributed by atoms with Crippen LogP contribution in [0.1, 0.15) is 31.7 Å². The van der Waals surface area contributed by atoms with Crippen LogP contribution in [0.25, 0.3) is 0 Å². The number of piperidine rings is 1. The summed E-state index contributed by atoms with van der Waals surface area (Å²) in [7, 11) is 0. The maximum atomic E-state index is 14.1. The van der Waals surface area contributed by atoms with Crippen molar-refractivity contribution in [2.24, 2.45) is 0 Å². The van der Waals surface area contributed by atoms with Gasteiger partial charge in [0, 0.05) is 43.0 Å². The van der Waals surface area contributed by atoms with E-state index < -0.39 is 6.17 Å². The summed E-state index contributed by atoms with van der Waals surface area (Å²) in [5.41, 5.74) is 2.44. The Morgan fingerprint density at radius 3 is 3.08 bits per heavy atom. The lowest BCUT2D eigenvalue weighted by molar-refractivity contribution is 0.361. The number of rotatable bonds is 5. The van der Waals surface area contributed by atoms with E-state index in [0.717, 1.165) is 42.9 Å². The van der Waals surface area contributed by atoms with Gasteiger partial charge in [-0.25, -0.2) is 14.4 Å². The molecule has 0 amide bonds. The molecule has 3 N–H and O–H groups in total. The van der Waals surface area contributed by atoms with Gasteiger partial charge in [-0.1, -0.05) is 12.2 Å². The van der Waals surface area contributed by atoms with Crippen LogP contribution in [0.4, 0.5) is 10.2 Å². The van der Waals surface area contributed by atoms with Crippen LogP contribution < -0.4 is 16.0 Å². The number of halogens is 2. The Labute approximate surface area is 146 Å². The number of hydrogen-bond donors (Lipinski definition) is 3. The molecule has 0 spiro atoms. The summed E-state index contributed by atoms with van der Waals surface area (Å²) in [6.07, 6.45) is 7.15. The van der Waals surface area contributed by atoms with E-state index in [-0.39, 0.29) is 5.28 Å². The van der Waals surface area contributed by atoms with Gasteiger partial charge in [-0.15, -0.1) is 0 Å². The molecule has 0 bridgehead atoms. The van der Waals surface area contributed by atoms with Gasteiger partial charge >= 0.3 is 0 Å². The van der Waals surface area contributed by atoms with Crippen molar-refractivity contribution in [1.29, 1.82) is 0 Å². The first-order valence-electron chi connectivity index (χ1n) is 8.37. The summed E-state index contributed by atoms with van der Waals surface area (Å²) in [4.78, 5) is 8.39. The zero-order valence-electron chi connectivity index (χ0n) is 13.8. The van der Waals surface area contributed by atoms with E-state index in [1.165, 1.54) is 0 Å². The Bertz CT molecular complexity index is 640.